The molecule has 130 valence electrons. The van der Waals surface area contributed by atoms with Crippen molar-refractivity contribution in [1.82, 2.24) is 9.88 Å². The maximum absolute atomic E-state index is 12.3. The lowest BCUT2D eigenvalue weighted by Gasteiger charge is -2.09. The van der Waals surface area contributed by atoms with Crippen molar-refractivity contribution in [2.75, 3.05) is 12.4 Å². The van der Waals surface area contributed by atoms with Crippen molar-refractivity contribution in [3.63, 3.8) is 0 Å². The number of benzene rings is 1. The first kappa shape index (κ1) is 17.6. The monoisotopic (exact) mass is 374 g/mol. The van der Waals surface area contributed by atoms with E-state index in [0.717, 1.165) is 12.1 Å². The zero-order chi connectivity index (χ0) is 17.8. The number of aliphatic imine (C=N–C) groups is 1. The van der Waals surface area contributed by atoms with Gasteiger partial charge in [-0.1, -0.05) is 30.8 Å². The van der Waals surface area contributed by atoms with Gasteiger partial charge in [-0.15, -0.1) is 11.3 Å². The molecule has 2 aromatic rings. The Bertz CT molecular complexity index is 787. The number of rotatable bonds is 5. The predicted molar refractivity (Wildman–Crippen MR) is 102 cm³/mol. The van der Waals surface area contributed by atoms with Crippen molar-refractivity contribution in [3.8, 4) is 0 Å². The van der Waals surface area contributed by atoms with Crippen LogP contribution in [0.15, 0.2) is 40.8 Å². The first-order chi connectivity index (χ1) is 12.1. The number of hydrogen-bond donors (Lipinski definition) is 1. The van der Waals surface area contributed by atoms with E-state index in [2.05, 4.69) is 22.2 Å². The predicted octanol–water partition coefficient (Wildman–Crippen LogP) is 3.30. The first-order valence-corrected chi connectivity index (χ1v) is 9.64. The van der Waals surface area contributed by atoms with Crippen LogP contribution in [-0.4, -0.2) is 39.2 Å². The molecule has 0 aliphatic carbocycles. The van der Waals surface area contributed by atoms with Gasteiger partial charge >= 0.3 is 0 Å². The number of aryl methyl sites for hydroxylation is 1. The first-order valence-electron chi connectivity index (χ1n) is 7.88. The fourth-order valence-corrected chi connectivity index (χ4v) is 4.05. The van der Waals surface area contributed by atoms with Gasteiger partial charge < -0.3 is 5.32 Å². The Morgan fingerprint density at radius 1 is 1.36 bits per heavy atom. The smallest absolute Gasteiger partial charge is 0.242 e. The van der Waals surface area contributed by atoms with Crippen molar-refractivity contribution < 1.29 is 9.59 Å². The van der Waals surface area contributed by atoms with E-state index >= 15 is 0 Å². The highest BCUT2D eigenvalue weighted by atomic mass is 32.2. The molecule has 1 saturated heterocycles. The van der Waals surface area contributed by atoms with Crippen LogP contribution in [0, 0.1) is 0 Å². The van der Waals surface area contributed by atoms with Gasteiger partial charge in [0, 0.05) is 30.7 Å². The molecule has 8 heteroatoms. The molecular weight excluding hydrogens is 356 g/mol. The number of carbonyl (C=O) groups is 2. The molecule has 1 aliphatic heterocycles. The Morgan fingerprint density at radius 3 is 2.76 bits per heavy atom. The van der Waals surface area contributed by atoms with Gasteiger partial charge in [0.1, 0.15) is 5.25 Å². The highest BCUT2D eigenvalue weighted by molar-refractivity contribution is 8.15. The van der Waals surface area contributed by atoms with E-state index in [4.69, 9.17) is 0 Å². The Balaban J connectivity index is 1.62. The van der Waals surface area contributed by atoms with Crippen LogP contribution >= 0.6 is 23.1 Å². The maximum atomic E-state index is 12.3. The summed E-state index contributed by atoms with van der Waals surface area (Å²) in [5.74, 6) is -0.296. The van der Waals surface area contributed by atoms with Gasteiger partial charge in [-0.3, -0.25) is 14.5 Å². The van der Waals surface area contributed by atoms with Crippen molar-refractivity contribution in [3.05, 3.63) is 41.4 Å². The van der Waals surface area contributed by atoms with Crippen LogP contribution in [0.4, 0.5) is 10.8 Å². The third-order valence-corrected chi connectivity index (χ3v) is 5.66. The van der Waals surface area contributed by atoms with Gasteiger partial charge in [0.25, 0.3) is 0 Å². The molecule has 1 atom stereocenters. The Morgan fingerprint density at radius 2 is 2.12 bits per heavy atom. The van der Waals surface area contributed by atoms with Crippen LogP contribution in [0.3, 0.4) is 0 Å². The summed E-state index contributed by atoms with van der Waals surface area (Å²) in [5.41, 5.74) is 1.95. The molecule has 0 radical (unpaired) electrons. The number of amidine groups is 1. The van der Waals surface area contributed by atoms with E-state index in [-0.39, 0.29) is 18.2 Å². The van der Waals surface area contributed by atoms with Crippen LogP contribution < -0.4 is 5.32 Å². The summed E-state index contributed by atoms with van der Waals surface area (Å²) in [7, 11) is 1.67. The number of nitrogens with one attached hydrogen (secondary N) is 1. The summed E-state index contributed by atoms with van der Waals surface area (Å²) in [4.78, 5) is 34.5. The summed E-state index contributed by atoms with van der Waals surface area (Å²) in [6, 6.07) is 7.72. The van der Waals surface area contributed by atoms with E-state index in [1.165, 1.54) is 33.6 Å². The molecule has 1 aromatic carbocycles. The lowest BCUT2D eigenvalue weighted by molar-refractivity contribution is -0.127. The molecule has 0 saturated carbocycles. The normalized spacial score (nSPS) is 18.8. The van der Waals surface area contributed by atoms with Crippen LogP contribution in [0.25, 0.3) is 0 Å². The number of aromatic nitrogens is 1. The number of nitrogens with zero attached hydrogens (tertiary/aromatic N) is 3. The number of amides is 2. The maximum Gasteiger partial charge on any atom is 0.242 e. The van der Waals surface area contributed by atoms with Crippen molar-refractivity contribution >= 4 is 50.9 Å². The minimum atomic E-state index is -0.460. The van der Waals surface area contributed by atoms with Gasteiger partial charge in [-0.2, -0.15) is 4.99 Å². The third-order valence-electron chi connectivity index (χ3n) is 3.77. The molecule has 0 spiro atoms. The highest BCUT2D eigenvalue weighted by Gasteiger charge is 2.37. The van der Waals surface area contributed by atoms with Gasteiger partial charge in [-0.25, -0.2) is 4.98 Å². The summed E-state index contributed by atoms with van der Waals surface area (Å²) in [5, 5.41) is 5.39. The Kier molecular flexibility index (Phi) is 5.50. The zero-order valence-electron chi connectivity index (χ0n) is 13.9. The van der Waals surface area contributed by atoms with Crippen molar-refractivity contribution in [1.29, 1.82) is 0 Å². The average molecular weight is 374 g/mol. The van der Waals surface area contributed by atoms with Crippen LogP contribution in [-0.2, 0) is 16.0 Å². The minimum absolute atomic E-state index is 0.111. The second kappa shape index (κ2) is 7.79. The van der Waals surface area contributed by atoms with E-state index in [0.29, 0.717) is 10.3 Å². The molecule has 1 unspecified atom stereocenters. The van der Waals surface area contributed by atoms with E-state index in [1.807, 2.05) is 29.6 Å². The van der Waals surface area contributed by atoms with E-state index < -0.39 is 5.25 Å². The van der Waals surface area contributed by atoms with Gasteiger partial charge in [0.15, 0.2) is 5.17 Å². The quantitative estimate of drug-likeness (QED) is 0.871. The fourth-order valence-electron chi connectivity index (χ4n) is 2.35. The van der Waals surface area contributed by atoms with Crippen LogP contribution in [0.5, 0.6) is 0 Å². The Labute approximate surface area is 154 Å². The number of carbonyl (C=O) groups excluding carboxylic acids is 2. The zero-order valence-corrected chi connectivity index (χ0v) is 15.6. The summed E-state index contributed by atoms with van der Waals surface area (Å²) >= 11 is 2.71. The summed E-state index contributed by atoms with van der Waals surface area (Å²) in [6.07, 6.45) is 2.73. The second-order valence-corrected chi connectivity index (χ2v) is 7.56. The standard InChI is InChI=1S/C17H18N4O2S2/c1-3-11-4-6-12(7-5-11)19-14(22)10-13-15(23)21(2)17(25-13)20-16-18-8-9-24-16/h4-9,13H,3,10H2,1-2H3,(H,19,22). The molecule has 0 bridgehead atoms. The third kappa shape index (κ3) is 4.26. The molecule has 1 N–H and O–H groups in total. The van der Waals surface area contributed by atoms with Gasteiger partial charge in [0.05, 0.1) is 0 Å². The molecular formula is C17H18N4O2S2. The highest BCUT2D eigenvalue weighted by Crippen LogP contribution is 2.31. The Hall–Kier alpha value is -2.19. The molecule has 2 amide bonds. The fraction of sp³-hybridized carbons (Fsp3) is 0.294. The number of thioether (sulfide) groups is 1. The second-order valence-electron chi connectivity index (χ2n) is 5.52. The molecule has 1 aromatic heterocycles. The molecule has 6 nitrogen and oxygen atoms in total. The molecule has 1 fully saturated rings. The summed E-state index contributed by atoms with van der Waals surface area (Å²) in [6.45, 7) is 2.08. The molecule has 1 aliphatic rings. The van der Waals surface area contributed by atoms with E-state index in [1.54, 1.807) is 13.2 Å². The molecule has 2 heterocycles. The summed E-state index contributed by atoms with van der Waals surface area (Å²) < 4.78 is 0. The van der Waals surface area contributed by atoms with Gasteiger partial charge in [-0.05, 0) is 24.1 Å². The van der Waals surface area contributed by atoms with Crippen LogP contribution in [0.2, 0.25) is 0 Å². The number of anilines is 1. The van der Waals surface area contributed by atoms with E-state index in [9.17, 15) is 9.59 Å². The topological polar surface area (TPSA) is 74.7 Å². The largest absolute Gasteiger partial charge is 0.326 e. The SMILES string of the molecule is CCc1ccc(NC(=O)CC2SC(=Nc3nccs3)N(C)C2=O)cc1. The number of hydrogen-bond acceptors (Lipinski definition) is 6. The van der Waals surface area contributed by atoms with Crippen molar-refractivity contribution in [2.24, 2.45) is 4.99 Å². The minimum Gasteiger partial charge on any atom is -0.326 e. The average Bonchev–Trinajstić information content (AvgIpc) is 3.20. The lowest BCUT2D eigenvalue weighted by Crippen LogP contribution is -2.30. The van der Waals surface area contributed by atoms with Crippen LogP contribution in [0.1, 0.15) is 18.9 Å². The van der Waals surface area contributed by atoms with Crippen molar-refractivity contribution in [2.45, 2.75) is 25.0 Å². The van der Waals surface area contributed by atoms with Gasteiger partial charge in [0.2, 0.25) is 16.9 Å². The molecule has 3 rings (SSSR count). The molecule has 25 heavy (non-hydrogen) atoms. The lowest BCUT2D eigenvalue weighted by atomic mass is 10.1. The number of thiazole rings is 1.